The SMILES string of the molecule is Cc1csc(CNc2cccc(-c3ccn[nH]3)c2)n1. The lowest BCUT2D eigenvalue weighted by Gasteiger charge is -2.06. The average molecular weight is 270 g/mol. The van der Waals surface area contributed by atoms with Gasteiger partial charge in [0.15, 0.2) is 0 Å². The van der Waals surface area contributed by atoms with Crippen molar-refractivity contribution in [2.75, 3.05) is 5.32 Å². The van der Waals surface area contributed by atoms with Crippen molar-refractivity contribution in [1.29, 1.82) is 0 Å². The minimum absolute atomic E-state index is 0.755. The van der Waals surface area contributed by atoms with Crippen molar-refractivity contribution in [2.24, 2.45) is 0 Å². The number of hydrogen-bond donors (Lipinski definition) is 2. The molecule has 0 atom stereocenters. The second kappa shape index (κ2) is 5.24. The van der Waals surface area contributed by atoms with Crippen LogP contribution in [0.2, 0.25) is 0 Å². The maximum absolute atomic E-state index is 4.44. The molecule has 5 heteroatoms. The predicted molar refractivity (Wildman–Crippen MR) is 78.2 cm³/mol. The number of hydrogen-bond acceptors (Lipinski definition) is 4. The first-order chi connectivity index (χ1) is 9.31. The molecule has 0 bridgehead atoms. The number of rotatable bonds is 4. The van der Waals surface area contributed by atoms with Crippen LogP contribution in [-0.2, 0) is 6.54 Å². The Balaban J connectivity index is 1.73. The van der Waals surface area contributed by atoms with Gasteiger partial charge in [-0.2, -0.15) is 5.10 Å². The zero-order valence-electron chi connectivity index (χ0n) is 10.6. The summed E-state index contributed by atoms with van der Waals surface area (Å²) in [5.74, 6) is 0. The van der Waals surface area contributed by atoms with Crippen LogP contribution >= 0.6 is 11.3 Å². The van der Waals surface area contributed by atoms with Crippen LogP contribution in [0.15, 0.2) is 41.9 Å². The Labute approximate surface area is 115 Å². The minimum Gasteiger partial charge on any atom is -0.379 e. The van der Waals surface area contributed by atoms with Crippen molar-refractivity contribution < 1.29 is 0 Å². The molecule has 0 fully saturated rings. The average Bonchev–Trinajstić information content (AvgIpc) is 3.08. The molecule has 4 nitrogen and oxygen atoms in total. The number of benzene rings is 1. The third-order valence-electron chi connectivity index (χ3n) is 2.78. The molecule has 0 unspecified atom stereocenters. The zero-order valence-corrected chi connectivity index (χ0v) is 11.4. The quantitative estimate of drug-likeness (QED) is 0.763. The molecule has 0 aliphatic carbocycles. The Hall–Kier alpha value is -2.14. The summed E-state index contributed by atoms with van der Waals surface area (Å²) in [4.78, 5) is 4.44. The second-order valence-corrected chi connectivity index (χ2v) is 5.23. The third-order valence-corrected chi connectivity index (χ3v) is 3.75. The van der Waals surface area contributed by atoms with Gasteiger partial charge in [0.1, 0.15) is 5.01 Å². The number of aryl methyl sites for hydroxylation is 1. The highest BCUT2D eigenvalue weighted by molar-refractivity contribution is 7.09. The first kappa shape index (κ1) is 11.9. The van der Waals surface area contributed by atoms with E-state index >= 15 is 0 Å². The van der Waals surface area contributed by atoms with Gasteiger partial charge in [-0.3, -0.25) is 5.10 Å². The molecule has 1 aromatic carbocycles. The van der Waals surface area contributed by atoms with Gasteiger partial charge in [-0.15, -0.1) is 11.3 Å². The summed E-state index contributed by atoms with van der Waals surface area (Å²) in [7, 11) is 0. The van der Waals surface area contributed by atoms with E-state index in [4.69, 9.17) is 0 Å². The van der Waals surface area contributed by atoms with Crippen LogP contribution < -0.4 is 5.32 Å². The summed E-state index contributed by atoms with van der Waals surface area (Å²) in [6.45, 7) is 2.77. The van der Waals surface area contributed by atoms with Crippen molar-refractivity contribution in [2.45, 2.75) is 13.5 Å². The van der Waals surface area contributed by atoms with Gasteiger partial charge in [-0.1, -0.05) is 12.1 Å². The molecule has 19 heavy (non-hydrogen) atoms. The molecule has 3 rings (SSSR count). The summed E-state index contributed by atoms with van der Waals surface area (Å²) in [5.41, 5.74) is 4.31. The normalized spacial score (nSPS) is 10.6. The smallest absolute Gasteiger partial charge is 0.112 e. The van der Waals surface area contributed by atoms with Crippen molar-refractivity contribution >= 4 is 17.0 Å². The minimum atomic E-state index is 0.755. The topological polar surface area (TPSA) is 53.6 Å². The van der Waals surface area contributed by atoms with Crippen LogP contribution in [0.1, 0.15) is 10.7 Å². The number of anilines is 1. The molecule has 2 aromatic heterocycles. The molecule has 0 amide bonds. The molecule has 0 saturated carbocycles. The highest BCUT2D eigenvalue weighted by Gasteiger charge is 2.02. The lowest BCUT2D eigenvalue weighted by molar-refractivity contribution is 1.07. The summed E-state index contributed by atoms with van der Waals surface area (Å²) in [5, 5.41) is 13.5. The van der Waals surface area contributed by atoms with Gasteiger partial charge in [-0.25, -0.2) is 4.98 Å². The number of H-pyrrole nitrogens is 1. The number of aromatic nitrogens is 3. The first-order valence-corrected chi connectivity index (χ1v) is 6.94. The van der Waals surface area contributed by atoms with Crippen LogP contribution in [0.4, 0.5) is 5.69 Å². The Kier molecular flexibility index (Phi) is 3.29. The van der Waals surface area contributed by atoms with Crippen molar-refractivity contribution in [3.63, 3.8) is 0 Å². The molecule has 0 saturated heterocycles. The molecule has 0 radical (unpaired) electrons. The fraction of sp³-hybridized carbons (Fsp3) is 0.143. The fourth-order valence-corrected chi connectivity index (χ4v) is 2.59. The highest BCUT2D eigenvalue weighted by atomic mass is 32.1. The largest absolute Gasteiger partial charge is 0.379 e. The maximum Gasteiger partial charge on any atom is 0.112 e. The second-order valence-electron chi connectivity index (χ2n) is 4.29. The molecular formula is C14H14N4S. The zero-order chi connectivity index (χ0) is 13.1. The fourth-order valence-electron chi connectivity index (χ4n) is 1.87. The first-order valence-electron chi connectivity index (χ1n) is 6.06. The monoisotopic (exact) mass is 270 g/mol. The van der Waals surface area contributed by atoms with Gasteiger partial charge in [-0.05, 0) is 25.1 Å². The molecule has 0 aliphatic rings. The van der Waals surface area contributed by atoms with E-state index in [0.717, 1.165) is 34.2 Å². The van der Waals surface area contributed by atoms with E-state index in [1.54, 1.807) is 17.5 Å². The lowest BCUT2D eigenvalue weighted by atomic mass is 10.1. The van der Waals surface area contributed by atoms with Gasteiger partial charge < -0.3 is 5.32 Å². The number of nitrogens with zero attached hydrogens (tertiary/aromatic N) is 2. The van der Waals surface area contributed by atoms with Gasteiger partial charge in [0.25, 0.3) is 0 Å². The van der Waals surface area contributed by atoms with Crippen LogP contribution in [0.3, 0.4) is 0 Å². The summed E-state index contributed by atoms with van der Waals surface area (Å²) >= 11 is 1.68. The van der Waals surface area contributed by atoms with E-state index in [2.05, 4.69) is 44.1 Å². The molecule has 0 spiro atoms. The molecule has 2 heterocycles. The van der Waals surface area contributed by atoms with Crippen LogP contribution in [0.25, 0.3) is 11.3 Å². The van der Waals surface area contributed by atoms with E-state index in [0.29, 0.717) is 0 Å². The van der Waals surface area contributed by atoms with E-state index in [1.807, 2.05) is 19.1 Å². The summed E-state index contributed by atoms with van der Waals surface area (Å²) in [6.07, 6.45) is 1.76. The van der Waals surface area contributed by atoms with E-state index in [-0.39, 0.29) is 0 Å². The summed E-state index contributed by atoms with van der Waals surface area (Å²) < 4.78 is 0. The Morgan fingerprint density at radius 1 is 1.32 bits per heavy atom. The van der Waals surface area contributed by atoms with Crippen LogP contribution in [0.5, 0.6) is 0 Å². The van der Waals surface area contributed by atoms with Gasteiger partial charge in [0, 0.05) is 28.5 Å². The molecule has 2 N–H and O–H groups in total. The van der Waals surface area contributed by atoms with Crippen molar-refractivity contribution in [3.05, 3.63) is 52.6 Å². The number of aromatic amines is 1. The molecular weight excluding hydrogens is 256 g/mol. The molecule has 0 aliphatic heterocycles. The Morgan fingerprint density at radius 3 is 3.00 bits per heavy atom. The van der Waals surface area contributed by atoms with Crippen molar-refractivity contribution in [3.8, 4) is 11.3 Å². The highest BCUT2D eigenvalue weighted by Crippen LogP contribution is 2.21. The number of thiazole rings is 1. The standard InChI is InChI=1S/C14H14N4S/c1-10-9-19-14(17-10)8-15-12-4-2-3-11(7-12)13-5-6-16-18-13/h2-7,9,15H,8H2,1H3,(H,16,18). The van der Waals surface area contributed by atoms with E-state index in [1.165, 1.54) is 0 Å². The summed E-state index contributed by atoms with van der Waals surface area (Å²) in [6, 6.07) is 10.2. The predicted octanol–water partition coefficient (Wildman–Crippen LogP) is 3.45. The number of nitrogens with one attached hydrogen (secondary N) is 2. The lowest BCUT2D eigenvalue weighted by Crippen LogP contribution is -1.99. The van der Waals surface area contributed by atoms with Gasteiger partial charge in [0.2, 0.25) is 0 Å². The Bertz CT molecular complexity index is 658. The van der Waals surface area contributed by atoms with Crippen molar-refractivity contribution in [1.82, 2.24) is 15.2 Å². The Morgan fingerprint density at radius 2 is 2.26 bits per heavy atom. The maximum atomic E-state index is 4.44. The third kappa shape index (κ3) is 2.82. The molecule has 96 valence electrons. The molecule has 3 aromatic rings. The van der Waals surface area contributed by atoms with Gasteiger partial charge >= 0.3 is 0 Å². The van der Waals surface area contributed by atoms with Crippen LogP contribution in [0, 0.1) is 6.92 Å². The van der Waals surface area contributed by atoms with Gasteiger partial charge in [0.05, 0.1) is 12.2 Å². The van der Waals surface area contributed by atoms with Crippen LogP contribution in [-0.4, -0.2) is 15.2 Å². The van der Waals surface area contributed by atoms with E-state index < -0.39 is 0 Å². The van der Waals surface area contributed by atoms with E-state index in [9.17, 15) is 0 Å².